The van der Waals surface area contributed by atoms with E-state index in [0.717, 1.165) is 22.3 Å². The van der Waals surface area contributed by atoms with Gasteiger partial charge in [-0.3, -0.25) is 0 Å². The molecule has 6 nitrogen and oxygen atoms in total. The molecule has 0 aromatic heterocycles. The molecular formula is C24H26O6. The Morgan fingerprint density at radius 3 is 0.967 bits per heavy atom. The minimum atomic E-state index is -0.233. The Kier molecular flexibility index (Phi) is 7.07. The summed E-state index contributed by atoms with van der Waals surface area (Å²) >= 11 is 0. The third kappa shape index (κ3) is 4.80. The van der Waals surface area contributed by atoms with Crippen molar-refractivity contribution in [3.8, 4) is 11.5 Å². The molecule has 0 fully saturated rings. The first-order valence-corrected chi connectivity index (χ1v) is 9.67. The van der Waals surface area contributed by atoms with Crippen molar-refractivity contribution >= 4 is 0 Å². The molecule has 3 aromatic carbocycles. The van der Waals surface area contributed by atoms with Gasteiger partial charge in [-0.1, -0.05) is 24.3 Å². The SMILES string of the molecule is OCc1cc(O)cc(CO)c1Cc1ccc(Cc2c(CO)cc(O)cc2CO)cc1. The van der Waals surface area contributed by atoms with E-state index in [-0.39, 0.29) is 37.9 Å². The number of hydrogen-bond donors (Lipinski definition) is 6. The molecule has 158 valence electrons. The quantitative estimate of drug-likeness (QED) is 0.339. The number of hydrogen-bond acceptors (Lipinski definition) is 6. The predicted octanol–water partition coefficient (Wildman–Crippen LogP) is 2.25. The van der Waals surface area contributed by atoms with Crippen LogP contribution in [0.2, 0.25) is 0 Å². The number of aliphatic hydroxyl groups excluding tert-OH is 4. The monoisotopic (exact) mass is 410 g/mol. The van der Waals surface area contributed by atoms with Crippen molar-refractivity contribution < 1.29 is 30.6 Å². The molecule has 0 unspecified atom stereocenters. The van der Waals surface area contributed by atoms with E-state index in [0.29, 0.717) is 35.1 Å². The molecule has 0 radical (unpaired) electrons. The number of aromatic hydroxyl groups is 2. The molecule has 0 heterocycles. The van der Waals surface area contributed by atoms with E-state index >= 15 is 0 Å². The highest BCUT2D eigenvalue weighted by atomic mass is 16.3. The van der Waals surface area contributed by atoms with Gasteiger partial charge in [-0.15, -0.1) is 0 Å². The minimum Gasteiger partial charge on any atom is -0.508 e. The average Bonchev–Trinajstić information content (AvgIpc) is 2.76. The maximum Gasteiger partial charge on any atom is 0.116 e. The van der Waals surface area contributed by atoms with E-state index in [2.05, 4.69) is 0 Å². The first-order chi connectivity index (χ1) is 14.5. The molecule has 0 saturated carbocycles. The van der Waals surface area contributed by atoms with Gasteiger partial charge in [-0.2, -0.15) is 0 Å². The summed E-state index contributed by atoms with van der Waals surface area (Å²) in [6.45, 7) is -0.930. The number of phenols is 2. The Labute approximate surface area is 175 Å². The van der Waals surface area contributed by atoms with Crippen molar-refractivity contribution in [1.29, 1.82) is 0 Å². The molecule has 0 saturated heterocycles. The lowest BCUT2D eigenvalue weighted by Crippen LogP contribution is -2.03. The van der Waals surface area contributed by atoms with Crippen LogP contribution in [0.4, 0.5) is 0 Å². The second-order valence-electron chi connectivity index (χ2n) is 7.29. The lowest BCUT2D eigenvalue weighted by molar-refractivity contribution is 0.271. The zero-order chi connectivity index (χ0) is 21.7. The highest BCUT2D eigenvalue weighted by Gasteiger charge is 2.13. The lowest BCUT2D eigenvalue weighted by Gasteiger charge is -2.15. The van der Waals surface area contributed by atoms with E-state index in [9.17, 15) is 30.6 Å². The molecule has 6 N–H and O–H groups in total. The summed E-state index contributed by atoms with van der Waals surface area (Å²) in [4.78, 5) is 0. The number of rotatable bonds is 8. The first kappa shape index (κ1) is 21.8. The van der Waals surface area contributed by atoms with Crippen LogP contribution in [-0.4, -0.2) is 30.6 Å². The van der Waals surface area contributed by atoms with Crippen LogP contribution in [-0.2, 0) is 39.3 Å². The Hall–Kier alpha value is -2.90. The molecule has 0 atom stereocenters. The van der Waals surface area contributed by atoms with Crippen LogP contribution < -0.4 is 0 Å². The Balaban J connectivity index is 1.86. The summed E-state index contributed by atoms with van der Waals surface area (Å²) in [5, 5.41) is 58.0. The highest BCUT2D eigenvalue weighted by molar-refractivity contribution is 5.46. The van der Waals surface area contributed by atoms with E-state index in [1.54, 1.807) is 0 Å². The Bertz CT molecular complexity index is 878. The topological polar surface area (TPSA) is 121 Å². The standard InChI is InChI=1S/C24H26O6/c25-11-17-7-21(29)8-18(12-26)23(17)5-15-1-2-16(4-3-15)6-24-19(13-27)9-22(30)10-20(24)14-28/h1-4,7-10,25-30H,5-6,11-14H2. The highest BCUT2D eigenvalue weighted by Crippen LogP contribution is 2.27. The summed E-state index contributed by atoms with van der Waals surface area (Å²) in [6.07, 6.45) is 0.991. The van der Waals surface area contributed by atoms with Gasteiger partial charge in [-0.25, -0.2) is 0 Å². The molecule has 0 spiro atoms. The molecule has 30 heavy (non-hydrogen) atoms. The summed E-state index contributed by atoms with van der Waals surface area (Å²) < 4.78 is 0. The van der Waals surface area contributed by atoms with Crippen molar-refractivity contribution in [3.05, 3.63) is 93.0 Å². The molecule has 3 rings (SSSR count). The Morgan fingerprint density at radius 2 is 0.733 bits per heavy atom. The van der Waals surface area contributed by atoms with Crippen LogP contribution >= 0.6 is 0 Å². The van der Waals surface area contributed by atoms with Crippen molar-refractivity contribution in [1.82, 2.24) is 0 Å². The van der Waals surface area contributed by atoms with Crippen molar-refractivity contribution in [2.75, 3.05) is 0 Å². The van der Waals surface area contributed by atoms with Gasteiger partial charge in [0.2, 0.25) is 0 Å². The fourth-order valence-electron chi connectivity index (χ4n) is 3.76. The van der Waals surface area contributed by atoms with Gasteiger partial charge in [-0.05, 0) is 81.6 Å². The largest absolute Gasteiger partial charge is 0.508 e. The van der Waals surface area contributed by atoms with E-state index in [1.165, 1.54) is 24.3 Å². The van der Waals surface area contributed by atoms with E-state index < -0.39 is 0 Å². The average molecular weight is 410 g/mol. The number of phenolic OH excluding ortho intramolecular Hbond substituents is 2. The third-order valence-electron chi connectivity index (χ3n) is 5.31. The van der Waals surface area contributed by atoms with Gasteiger partial charge < -0.3 is 30.6 Å². The fourth-order valence-corrected chi connectivity index (χ4v) is 3.76. The van der Waals surface area contributed by atoms with Gasteiger partial charge in [0, 0.05) is 0 Å². The van der Waals surface area contributed by atoms with Gasteiger partial charge in [0.1, 0.15) is 11.5 Å². The van der Waals surface area contributed by atoms with Crippen molar-refractivity contribution in [3.63, 3.8) is 0 Å². The molecular weight excluding hydrogens is 384 g/mol. The van der Waals surface area contributed by atoms with Crippen LogP contribution in [0, 0.1) is 0 Å². The van der Waals surface area contributed by atoms with Crippen LogP contribution in [0.3, 0.4) is 0 Å². The summed E-state index contributed by atoms with van der Waals surface area (Å²) in [6, 6.07) is 13.8. The van der Waals surface area contributed by atoms with Crippen LogP contribution in [0.1, 0.15) is 44.5 Å². The maximum absolute atomic E-state index is 9.75. The zero-order valence-electron chi connectivity index (χ0n) is 16.5. The lowest BCUT2D eigenvalue weighted by atomic mass is 9.92. The molecule has 0 aliphatic rings. The smallest absolute Gasteiger partial charge is 0.116 e. The second kappa shape index (κ2) is 9.73. The van der Waals surface area contributed by atoms with Crippen LogP contribution in [0.5, 0.6) is 11.5 Å². The fraction of sp³-hybridized carbons (Fsp3) is 0.250. The molecule has 0 aliphatic carbocycles. The van der Waals surface area contributed by atoms with Gasteiger partial charge >= 0.3 is 0 Å². The van der Waals surface area contributed by atoms with Crippen molar-refractivity contribution in [2.45, 2.75) is 39.3 Å². The summed E-state index contributed by atoms with van der Waals surface area (Å²) in [5.74, 6) is 0.0194. The van der Waals surface area contributed by atoms with E-state index in [1.807, 2.05) is 24.3 Å². The third-order valence-corrected chi connectivity index (χ3v) is 5.31. The van der Waals surface area contributed by atoms with Gasteiger partial charge in [0.25, 0.3) is 0 Å². The second-order valence-corrected chi connectivity index (χ2v) is 7.29. The van der Waals surface area contributed by atoms with Gasteiger partial charge in [0.05, 0.1) is 26.4 Å². The zero-order valence-corrected chi connectivity index (χ0v) is 16.5. The normalized spacial score (nSPS) is 11.1. The van der Waals surface area contributed by atoms with Crippen LogP contribution in [0.15, 0.2) is 48.5 Å². The summed E-state index contributed by atoms with van der Waals surface area (Å²) in [7, 11) is 0. The predicted molar refractivity (Wildman–Crippen MR) is 112 cm³/mol. The molecule has 0 bridgehead atoms. The van der Waals surface area contributed by atoms with Crippen LogP contribution in [0.25, 0.3) is 0 Å². The molecule has 0 amide bonds. The molecule has 6 heteroatoms. The minimum absolute atomic E-state index is 0.00970. The van der Waals surface area contributed by atoms with E-state index in [4.69, 9.17) is 0 Å². The Morgan fingerprint density at radius 1 is 0.467 bits per heavy atom. The maximum atomic E-state index is 9.75. The first-order valence-electron chi connectivity index (χ1n) is 9.67. The number of aliphatic hydroxyl groups is 4. The molecule has 3 aromatic rings. The number of benzene rings is 3. The van der Waals surface area contributed by atoms with Crippen molar-refractivity contribution in [2.24, 2.45) is 0 Å². The van der Waals surface area contributed by atoms with Gasteiger partial charge in [0.15, 0.2) is 0 Å². The summed E-state index contributed by atoms with van der Waals surface area (Å²) in [5.41, 5.74) is 5.83. The molecule has 0 aliphatic heterocycles.